The van der Waals surface area contributed by atoms with Crippen molar-refractivity contribution in [1.29, 1.82) is 0 Å². The van der Waals surface area contributed by atoms with E-state index in [1.54, 1.807) is 25.1 Å². The van der Waals surface area contributed by atoms with Crippen molar-refractivity contribution in [1.82, 2.24) is 5.43 Å². The highest BCUT2D eigenvalue weighted by atomic mass is 19.1. The van der Waals surface area contributed by atoms with Gasteiger partial charge >= 0.3 is 0 Å². The zero-order valence-corrected chi connectivity index (χ0v) is 15.5. The fraction of sp³-hybridized carbons (Fsp3) is 0.300. The van der Waals surface area contributed by atoms with Crippen molar-refractivity contribution in [3.05, 3.63) is 59.7 Å². The summed E-state index contributed by atoms with van der Waals surface area (Å²) in [5.74, 6) is -1.47. The van der Waals surface area contributed by atoms with E-state index in [2.05, 4.69) is 10.5 Å². The number of amides is 1. The first-order valence-corrected chi connectivity index (χ1v) is 8.87. The summed E-state index contributed by atoms with van der Waals surface area (Å²) in [5.41, 5.74) is 3.82. The summed E-state index contributed by atoms with van der Waals surface area (Å²) < 4.78 is 38.3. The van der Waals surface area contributed by atoms with Crippen LogP contribution in [0.5, 0.6) is 5.75 Å². The van der Waals surface area contributed by atoms with Gasteiger partial charge in [0.05, 0.1) is 24.6 Å². The molecule has 0 aromatic heterocycles. The molecule has 28 heavy (non-hydrogen) atoms. The van der Waals surface area contributed by atoms with Crippen LogP contribution < -0.4 is 15.1 Å². The summed E-state index contributed by atoms with van der Waals surface area (Å²) in [6.45, 7) is 3.69. The highest BCUT2D eigenvalue weighted by Gasteiger charge is 2.16. The molecule has 0 atom stereocenters. The number of morpholine rings is 1. The quantitative estimate of drug-likeness (QED) is 0.610. The first-order valence-electron chi connectivity index (χ1n) is 8.87. The van der Waals surface area contributed by atoms with Crippen molar-refractivity contribution in [3.63, 3.8) is 0 Å². The van der Waals surface area contributed by atoms with E-state index in [9.17, 15) is 13.6 Å². The van der Waals surface area contributed by atoms with Crippen LogP contribution in [0.3, 0.4) is 0 Å². The third kappa shape index (κ3) is 5.04. The van der Waals surface area contributed by atoms with E-state index >= 15 is 0 Å². The van der Waals surface area contributed by atoms with Crippen LogP contribution in [0.15, 0.2) is 47.6 Å². The molecule has 2 aromatic rings. The van der Waals surface area contributed by atoms with Crippen LogP contribution in [0.1, 0.15) is 12.5 Å². The number of halogens is 2. The van der Waals surface area contributed by atoms with Gasteiger partial charge in [0, 0.05) is 18.7 Å². The van der Waals surface area contributed by atoms with E-state index in [1.165, 1.54) is 24.3 Å². The standard InChI is InChI=1S/C20H21F2N3O3/c1-14(23-24-20(26)13-28-19-5-3-2-4-16(19)21)15-6-7-18(17(22)12-15)25-8-10-27-11-9-25/h2-7,12H,8-11,13H2,1H3,(H,24,26)/b23-14-. The smallest absolute Gasteiger partial charge is 0.277 e. The Morgan fingerprint density at radius 1 is 1.18 bits per heavy atom. The zero-order valence-electron chi connectivity index (χ0n) is 15.5. The highest BCUT2D eigenvalue weighted by molar-refractivity contribution is 5.99. The van der Waals surface area contributed by atoms with Crippen LogP contribution in [-0.4, -0.2) is 44.5 Å². The summed E-state index contributed by atoms with van der Waals surface area (Å²) in [4.78, 5) is 13.8. The molecule has 6 nitrogen and oxygen atoms in total. The molecule has 3 rings (SSSR count). The van der Waals surface area contributed by atoms with Crippen LogP contribution in [0, 0.1) is 11.6 Å². The zero-order chi connectivity index (χ0) is 19.9. The molecule has 0 aliphatic carbocycles. The van der Waals surface area contributed by atoms with Crippen LogP contribution in [0.4, 0.5) is 14.5 Å². The Morgan fingerprint density at radius 3 is 2.64 bits per heavy atom. The van der Waals surface area contributed by atoms with E-state index < -0.39 is 11.7 Å². The molecule has 148 valence electrons. The van der Waals surface area contributed by atoms with E-state index in [0.717, 1.165) is 0 Å². The molecule has 0 saturated carbocycles. The number of anilines is 1. The summed E-state index contributed by atoms with van der Waals surface area (Å²) in [6.07, 6.45) is 0. The maximum absolute atomic E-state index is 14.5. The maximum Gasteiger partial charge on any atom is 0.277 e. The predicted octanol–water partition coefficient (Wildman–Crippen LogP) is 2.72. The first kappa shape index (κ1) is 19.8. The number of nitrogens with zero attached hydrogens (tertiary/aromatic N) is 2. The van der Waals surface area contributed by atoms with Crippen molar-refractivity contribution >= 4 is 17.3 Å². The van der Waals surface area contributed by atoms with Gasteiger partial charge in [-0.05, 0) is 31.2 Å². The third-order valence-electron chi connectivity index (χ3n) is 4.26. The normalized spacial score (nSPS) is 14.7. The number of nitrogens with one attached hydrogen (secondary N) is 1. The van der Waals surface area contributed by atoms with Gasteiger partial charge in [0.1, 0.15) is 5.82 Å². The number of benzene rings is 2. The summed E-state index contributed by atoms with van der Waals surface area (Å²) in [6, 6.07) is 10.6. The van der Waals surface area contributed by atoms with Crippen molar-refractivity contribution in [3.8, 4) is 5.75 Å². The number of para-hydroxylation sites is 1. The number of carbonyl (C=O) groups is 1. The monoisotopic (exact) mass is 389 g/mol. The maximum atomic E-state index is 14.5. The molecule has 1 aliphatic heterocycles. The molecule has 1 saturated heterocycles. The molecule has 1 N–H and O–H groups in total. The minimum atomic E-state index is -0.550. The Bertz CT molecular complexity index is 868. The fourth-order valence-electron chi connectivity index (χ4n) is 2.74. The number of carbonyl (C=O) groups excluding carboxylic acids is 1. The average molecular weight is 389 g/mol. The Morgan fingerprint density at radius 2 is 1.93 bits per heavy atom. The van der Waals surface area contributed by atoms with E-state index in [-0.39, 0.29) is 18.2 Å². The van der Waals surface area contributed by atoms with Crippen LogP contribution >= 0.6 is 0 Å². The number of hydrazone groups is 1. The Kier molecular flexibility index (Phi) is 6.54. The highest BCUT2D eigenvalue weighted by Crippen LogP contribution is 2.22. The molecule has 1 heterocycles. The Labute approximate surface area is 161 Å². The van der Waals surface area contributed by atoms with Gasteiger partial charge in [-0.1, -0.05) is 18.2 Å². The van der Waals surface area contributed by atoms with Crippen LogP contribution in [0.2, 0.25) is 0 Å². The number of rotatable bonds is 6. The lowest BCUT2D eigenvalue weighted by Crippen LogP contribution is -2.36. The van der Waals surface area contributed by atoms with Gasteiger partial charge in [0.2, 0.25) is 0 Å². The minimum absolute atomic E-state index is 0.0147. The first-order chi connectivity index (χ1) is 13.5. The summed E-state index contributed by atoms with van der Waals surface area (Å²) in [7, 11) is 0. The van der Waals surface area contributed by atoms with Crippen LogP contribution in [0.25, 0.3) is 0 Å². The van der Waals surface area contributed by atoms with Gasteiger partial charge in [-0.25, -0.2) is 14.2 Å². The lowest BCUT2D eigenvalue weighted by atomic mass is 10.1. The Hall–Kier alpha value is -3.00. The lowest BCUT2D eigenvalue weighted by Gasteiger charge is -2.29. The second-order valence-electron chi connectivity index (χ2n) is 6.22. The SMILES string of the molecule is C/C(=N/NC(=O)COc1ccccc1F)c1ccc(N2CCOCC2)c(F)c1. The van der Waals surface area contributed by atoms with E-state index in [0.29, 0.717) is 43.3 Å². The molecule has 0 unspecified atom stereocenters. The van der Waals surface area contributed by atoms with Gasteiger partial charge in [-0.2, -0.15) is 5.10 Å². The van der Waals surface area contributed by atoms with Gasteiger partial charge in [-0.15, -0.1) is 0 Å². The molecule has 1 aliphatic rings. The number of hydrogen-bond donors (Lipinski definition) is 1. The number of hydrogen-bond acceptors (Lipinski definition) is 5. The molecule has 1 fully saturated rings. The molecule has 1 amide bonds. The predicted molar refractivity (Wildman–Crippen MR) is 102 cm³/mol. The third-order valence-corrected chi connectivity index (χ3v) is 4.26. The average Bonchev–Trinajstić information content (AvgIpc) is 2.72. The van der Waals surface area contributed by atoms with Gasteiger partial charge in [0.25, 0.3) is 5.91 Å². The Balaban J connectivity index is 1.57. The second kappa shape index (κ2) is 9.27. The van der Waals surface area contributed by atoms with Gasteiger partial charge in [-0.3, -0.25) is 4.79 Å². The van der Waals surface area contributed by atoms with Gasteiger partial charge < -0.3 is 14.4 Å². The second-order valence-corrected chi connectivity index (χ2v) is 6.22. The number of ether oxygens (including phenoxy) is 2. The molecule has 2 aromatic carbocycles. The van der Waals surface area contributed by atoms with Crippen molar-refractivity contribution in [2.45, 2.75) is 6.92 Å². The van der Waals surface area contributed by atoms with Crippen molar-refractivity contribution < 1.29 is 23.0 Å². The topological polar surface area (TPSA) is 63.2 Å². The molecule has 0 radical (unpaired) electrons. The summed E-state index contributed by atoms with van der Waals surface area (Å²) in [5, 5.41) is 3.96. The van der Waals surface area contributed by atoms with E-state index in [4.69, 9.17) is 9.47 Å². The van der Waals surface area contributed by atoms with Crippen molar-refractivity contribution in [2.24, 2.45) is 5.10 Å². The lowest BCUT2D eigenvalue weighted by molar-refractivity contribution is -0.123. The van der Waals surface area contributed by atoms with E-state index in [1.807, 2.05) is 4.90 Å². The van der Waals surface area contributed by atoms with Crippen molar-refractivity contribution in [2.75, 3.05) is 37.8 Å². The van der Waals surface area contributed by atoms with Crippen LogP contribution in [-0.2, 0) is 9.53 Å². The molecular weight excluding hydrogens is 368 g/mol. The minimum Gasteiger partial charge on any atom is -0.481 e. The fourth-order valence-corrected chi connectivity index (χ4v) is 2.74. The summed E-state index contributed by atoms with van der Waals surface area (Å²) >= 11 is 0. The molecule has 0 bridgehead atoms. The molecule has 8 heteroatoms. The largest absolute Gasteiger partial charge is 0.481 e. The van der Waals surface area contributed by atoms with Gasteiger partial charge in [0.15, 0.2) is 18.2 Å². The molecular formula is C20H21F2N3O3. The molecule has 0 spiro atoms.